The van der Waals surface area contributed by atoms with Crippen molar-refractivity contribution in [3.8, 4) is 11.4 Å². The predicted molar refractivity (Wildman–Crippen MR) is 123 cm³/mol. The molecule has 2 aromatic carbocycles. The van der Waals surface area contributed by atoms with Crippen LogP contribution in [0, 0.1) is 6.92 Å². The summed E-state index contributed by atoms with van der Waals surface area (Å²) in [5, 5.41) is 12.8. The maximum atomic E-state index is 4.54. The fourth-order valence-electron chi connectivity index (χ4n) is 2.88. The summed E-state index contributed by atoms with van der Waals surface area (Å²) in [5.41, 5.74) is 4.12. The lowest BCUT2D eigenvalue weighted by Crippen LogP contribution is -2.06. The largest absolute Gasteiger partial charge is 0.330 e. The number of fused-ring (bicyclic) bond motifs is 1. The standard InChI is InChI=1S/C18H14Br4N6/c1-10-3-5-11(6-4-10)18-24-26-28(25-18)8-2-7-27-9-23-16-14(21)12(19)13(20)15(22)17(16)27/h3-6,9H,2,7-8H2,1H3. The topological polar surface area (TPSA) is 61.4 Å². The van der Waals surface area contributed by atoms with Gasteiger partial charge in [-0.3, -0.25) is 0 Å². The molecule has 0 fully saturated rings. The van der Waals surface area contributed by atoms with Crippen LogP contribution in [0.4, 0.5) is 0 Å². The summed E-state index contributed by atoms with van der Waals surface area (Å²) in [5.74, 6) is 0.647. The number of aromatic nitrogens is 6. The molecule has 2 aromatic heterocycles. The second kappa shape index (κ2) is 8.33. The number of benzene rings is 2. The van der Waals surface area contributed by atoms with E-state index in [0.717, 1.165) is 47.5 Å². The Morgan fingerprint density at radius 1 is 0.893 bits per heavy atom. The van der Waals surface area contributed by atoms with Gasteiger partial charge in [0.1, 0.15) is 5.52 Å². The van der Waals surface area contributed by atoms with E-state index in [1.165, 1.54) is 5.56 Å². The summed E-state index contributed by atoms with van der Waals surface area (Å²) in [6.07, 6.45) is 2.71. The molecule has 0 aliphatic heterocycles. The van der Waals surface area contributed by atoms with Crippen LogP contribution in [0.1, 0.15) is 12.0 Å². The van der Waals surface area contributed by atoms with Gasteiger partial charge in [0.05, 0.1) is 27.3 Å². The van der Waals surface area contributed by atoms with Crippen molar-refractivity contribution < 1.29 is 0 Å². The first-order valence-corrected chi connectivity index (χ1v) is 11.6. The molecule has 4 rings (SSSR count). The highest BCUT2D eigenvalue weighted by Gasteiger charge is 2.17. The van der Waals surface area contributed by atoms with Crippen LogP contribution in [0.5, 0.6) is 0 Å². The Morgan fingerprint density at radius 3 is 2.36 bits per heavy atom. The molecule has 0 saturated heterocycles. The molecule has 0 radical (unpaired) electrons. The van der Waals surface area contributed by atoms with Crippen molar-refractivity contribution in [2.24, 2.45) is 0 Å². The summed E-state index contributed by atoms with van der Waals surface area (Å²) < 4.78 is 5.91. The van der Waals surface area contributed by atoms with Crippen LogP contribution < -0.4 is 0 Å². The summed E-state index contributed by atoms with van der Waals surface area (Å²) in [6, 6.07) is 8.12. The molecule has 0 bridgehead atoms. The minimum atomic E-state index is 0.647. The number of hydrogen-bond donors (Lipinski definition) is 0. The first-order valence-electron chi connectivity index (χ1n) is 8.47. The number of tetrazole rings is 1. The minimum Gasteiger partial charge on any atom is -0.330 e. The van der Waals surface area contributed by atoms with Gasteiger partial charge in [0, 0.05) is 21.1 Å². The van der Waals surface area contributed by atoms with Crippen molar-refractivity contribution in [2.45, 2.75) is 26.4 Å². The summed E-state index contributed by atoms with van der Waals surface area (Å²) in [4.78, 5) is 6.19. The first kappa shape index (κ1) is 20.2. The third-order valence-corrected chi connectivity index (χ3v) is 9.08. The van der Waals surface area contributed by atoms with Crippen LogP contribution in [0.3, 0.4) is 0 Å². The number of halogens is 4. The molecule has 0 saturated carbocycles. The highest BCUT2D eigenvalue weighted by atomic mass is 79.9. The molecule has 0 amide bonds. The van der Waals surface area contributed by atoms with Crippen molar-refractivity contribution in [1.29, 1.82) is 0 Å². The quantitative estimate of drug-likeness (QED) is 0.196. The molecule has 0 atom stereocenters. The van der Waals surface area contributed by atoms with Gasteiger partial charge in [-0.1, -0.05) is 29.8 Å². The first-order chi connectivity index (χ1) is 13.5. The third kappa shape index (κ3) is 3.83. The number of hydrogen-bond acceptors (Lipinski definition) is 4. The van der Waals surface area contributed by atoms with Gasteiger partial charge in [0.25, 0.3) is 0 Å². The lowest BCUT2D eigenvalue weighted by atomic mass is 10.1. The van der Waals surface area contributed by atoms with Crippen LogP contribution >= 0.6 is 63.7 Å². The second-order valence-corrected chi connectivity index (χ2v) is 9.49. The lowest BCUT2D eigenvalue weighted by Gasteiger charge is -2.09. The minimum absolute atomic E-state index is 0.647. The van der Waals surface area contributed by atoms with E-state index in [-0.39, 0.29) is 0 Å². The van der Waals surface area contributed by atoms with Crippen LogP contribution in [0.2, 0.25) is 0 Å². The third-order valence-electron chi connectivity index (χ3n) is 4.35. The smallest absolute Gasteiger partial charge is 0.204 e. The van der Waals surface area contributed by atoms with Crippen LogP contribution in [-0.4, -0.2) is 29.8 Å². The van der Waals surface area contributed by atoms with Gasteiger partial charge < -0.3 is 4.57 Å². The van der Waals surface area contributed by atoms with E-state index in [1.807, 2.05) is 30.6 Å². The molecule has 0 unspecified atom stereocenters. The zero-order valence-corrected chi connectivity index (χ0v) is 21.0. The fourth-order valence-corrected chi connectivity index (χ4v) is 5.29. The Labute approximate surface area is 195 Å². The highest BCUT2D eigenvalue weighted by Crippen LogP contribution is 2.42. The predicted octanol–water partition coefficient (Wildman–Crippen LogP) is 6.14. The molecule has 6 nitrogen and oxygen atoms in total. The Kier molecular flexibility index (Phi) is 6.01. The van der Waals surface area contributed by atoms with Gasteiger partial charge in [-0.25, -0.2) is 4.98 Å². The van der Waals surface area contributed by atoms with Gasteiger partial charge in [-0.05, 0) is 82.3 Å². The SMILES string of the molecule is Cc1ccc(-c2nnn(CCCn3cnc4c(Br)c(Br)c(Br)c(Br)c43)n2)cc1. The zero-order chi connectivity index (χ0) is 19.8. The van der Waals surface area contributed by atoms with Crippen LogP contribution in [-0.2, 0) is 13.1 Å². The molecule has 0 N–H and O–H groups in total. The van der Waals surface area contributed by atoms with Crippen molar-refractivity contribution in [1.82, 2.24) is 29.8 Å². The van der Waals surface area contributed by atoms with Crippen LogP contribution in [0.15, 0.2) is 48.5 Å². The molecule has 4 aromatic rings. The van der Waals surface area contributed by atoms with E-state index in [2.05, 4.69) is 95.6 Å². The molecule has 144 valence electrons. The fraction of sp³-hybridized carbons (Fsp3) is 0.222. The molecular formula is C18H14Br4N6. The number of imidazole rings is 1. The van der Waals surface area contributed by atoms with Crippen molar-refractivity contribution in [3.63, 3.8) is 0 Å². The maximum Gasteiger partial charge on any atom is 0.204 e. The van der Waals surface area contributed by atoms with E-state index in [4.69, 9.17) is 0 Å². The molecule has 2 heterocycles. The molecular weight excluding hydrogens is 620 g/mol. The van der Waals surface area contributed by atoms with Gasteiger partial charge in [-0.2, -0.15) is 4.80 Å². The summed E-state index contributed by atoms with van der Waals surface area (Å²) >= 11 is 14.5. The van der Waals surface area contributed by atoms with E-state index in [1.54, 1.807) is 4.80 Å². The number of aryl methyl sites for hydroxylation is 3. The Hall–Kier alpha value is -1.10. The van der Waals surface area contributed by atoms with Crippen LogP contribution in [0.25, 0.3) is 22.4 Å². The average Bonchev–Trinajstić information content (AvgIpc) is 3.33. The van der Waals surface area contributed by atoms with Gasteiger partial charge in [0.15, 0.2) is 0 Å². The van der Waals surface area contributed by atoms with Gasteiger partial charge >= 0.3 is 0 Å². The normalized spacial score (nSPS) is 11.5. The average molecular weight is 634 g/mol. The number of nitrogens with zero attached hydrogens (tertiary/aromatic N) is 6. The van der Waals surface area contributed by atoms with E-state index in [0.29, 0.717) is 12.4 Å². The lowest BCUT2D eigenvalue weighted by molar-refractivity contribution is 0.474. The summed E-state index contributed by atoms with van der Waals surface area (Å²) in [6.45, 7) is 3.52. The Morgan fingerprint density at radius 2 is 1.61 bits per heavy atom. The Bertz CT molecular complexity index is 1150. The van der Waals surface area contributed by atoms with Crippen molar-refractivity contribution >= 4 is 74.8 Å². The maximum absolute atomic E-state index is 4.54. The molecule has 0 spiro atoms. The monoisotopic (exact) mass is 630 g/mol. The molecule has 0 aliphatic carbocycles. The molecule has 28 heavy (non-hydrogen) atoms. The second-order valence-electron chi connectivity index (χ2n) is 6.32. The van der Waals surface area contributed by atoms with Gasteiger partial charge in [-0.15, -0.1) is 10.2 Å². The van der Waals surface area contributed by atoms with E-state index >= 15 is 0 Å². The number of rotatable bonds is 5. The summed E-state index contributed by atoms with van der Waals surface area (Å²) in [7, 11) is 0. The van der Waals surface area contributed by atoms with E-state index in [9.17, 15) is 0 Å². The van der Waals surface area contributed by atoms with E-state index < -0.39 is 0 Å². The molecule has 0 aliphatic rings. The van der Waals surface area contributed by atoms with Crippen molar-refractivity contribution in [3.05, 3.63) is 54.0 Å². The Balaban J connectivity index is 1.48. The molecule has 10 heteroatoms. The van der Waals surface area contributed by atoms with Crippen molar-refractivity contribution in [2.75, 3.05) is 0 Å². The zero-order valence-electron chi connectivity index (χ0n) is 14.7. The highest BCUT2D eigenvalue weighted by molar-refractivity contribution is 9.15. The van der Waals surface area contributed by atoms with Gasteiger partial charge in [0.2, 0.25) is 5.82 Å².